The summed E-state index contributed by atoms with van der Waals surface area (Å²) in [4.78, 5) is 0. The third-order valence-corrected chi connectivity index (χ3v) is 5.31. The van der Waals surface area contributed by atoms with Crippen molar-refractivity contribution < 1.29 is 107 Å². The molecule has 0 aliphatic carbocycles. The Morgan fingerprint density at radius 2 is 0.604 bits per heavy atom. The van der Waals surface area contributed by atoms with Crippen LogP contribution in [-0.2, 0) is 87.7 Å². The van der Waals surface area contributed by atoms with Crippen LogP contribution < -0.4 is 18.9 Å². The second-order valence-corrected chi connectivity index (χ2v) is 6.65. The van der Waals surface area contributed by atoms with Gasteiger partial charge in [0.25, 0.3) is 0 Å². The van der Waals surface area contributed by atoms with Crippen molar-refractivity contribution in [2.45, 2.75) is 0 Å². The Bertz CT molecular complexity index is 1170. The summed E-state index contributed by atoms with van der Waals surface area (Å²) in [5.74, 6) is 2.49. The first-order valence-corrected chi connectivity index (χ1v) is 11.5. The van der Waals surface area contributed by atoms with E-state index in [1.54, 1.807) is 42.7 Å². The fraction of sp³-hybridized carbons (Fsp3) is 0.200. The first-order chi connectivity index (χ1) is 23.4. The van der Waals surface area contributed by atoms with Crippen LogP contribution in [0, 0.1) is 66.5 Å². The number of rotatable bonds is 9. The van der Waals surface area contributed by atoms with Crippen LogP contribution in [-0.4, -0.2) is 51.8 Å². The Balaban J connectivity index is -0.0000000929. The maximum absolute atomic E-state index is 7.50. The van der Waals surface area contributed by atoms with Gasteiger partial charge in [0.15, 0.2) is 0 Å². The van der Waals surface area contributed by atoms with Crippen LogP contribution in [0.1, 0.15) is 11.1 Å². The van der Waals surface area contributed by atoms with Gasteiger partial charge in [-0.05, 0) is 0 Å². The van der Waals surface area contributed by atoms with Crippen molar-refractivity contribution in [2.24, 2.45) is 0 Å². The van der Waals surface area contributed by atoms with E-state index in [1.165, 1.54) is 0 Å². The summed E-state index contributed by atoms with van der Waals surface area (Å²) in [7, 11) is 9.58. The van der Waals surface area contributed by atoms with Gasteiger partial charge in [-0.2, -0.15) is 0 Å². The topological polar surface area (TPSA) is 254 Å². The van der Waals surface area contributed by atoms with Gasteiger partial charge in [-0.1, -0.05) is 0 Å². The van der Waals surface area contributed by atoms with Gasteiger partial charge in [0.05, 0.1) is 0 Å². The van der Waals surface area contributed by atoms with Crippen molar-refractivity contribution >= 4 is 9.13 Å². The molecule has 0 heterocycles. The molecule has 0 bridgehead atoms. The zero-order chi connectivity index (χ0) is 40.8. The summed E-state index contributed by atoms with van der Waals surface area (Å²) in [6.07, 6.45) is 0. The molecule has 18 heteroatoms. The fourth-order valence-corrected chi connectivity index (χ4v) is 3.28. The third kappa shape index (κ3) is 25.9. The summed E-state index contributed by atoms with van der Waals surface area (Å²) in [6.45, 7) is 45.0. The number of hydrogen-bond donors (Lipinski definition) is 0. The SMILES string of the molecule is CO[C](=[Cr])c1cc(OC)cc(-c2cc(OC)cc([C](=[Cr])OC)c2OC)c1OC.[C-]#[O+].[C-]#[O+].[C-]#[O+].[C-]#[O+].[C-]#[O+].[C-]#[O+].[C-]#[O+].[C-]#[O+].[C-]#[O+].[C-]#[O+]. The molecule has 0 saturated carbocycles. The van der Waals surface area contributed by atoms with E-state index in [2.05, 4.69) is 98.2 Å². The molecular weight excluding hydrogens is 720 g/mol. The van der Waals surface area contributed by atoms with E-state index in [4.69, 9.17) is 74.9 Å². The van der Waals surface area contributed by atoms with Gasteiger partial charge >= 0.3 is 294 Å². The quantitative estimate of drug-likeness (QED) is 0.275. The second-order valence-electron chi connectivity index (χ2n) is 5.49. The third-order valence-electron chi connectivity index (χ3n) is 4.11. The van der Waals surface area contributed by atoms with E-state index in [-0.39, 0.29) is 0 Å². The van der Waals surface area contributed by atoms with Gasteiger partial charge in [-0.25, -0.2) is 0 Å². The number of benzene rings is 2. The Morgan fingerprint density at radius 1 is 0.396 bits per heavy atom. The molecule has 0 fully saturated rings. The standard InChI is InChI=1S/C20H22O6.10CO.2Cr/c1-21-11-13-7-15(23-3)9-17(19(13)25-5)18-10-16(24-4)8-14(12-22-2)20(18)26-6;10*1-2;;/h7-10H,1-6H3;;;;;;;;;;;;. The van der Waals surface area contributed by atoms with Gasteiger partial charge in [-0.15, -0.1) is 0 Å². The van der Waals surface area contributed by atoms with E-state index in [9.17, 15) is 0 Å². The first kappa shape index (κ1) is 66.2. The van der Waals surface area contributed by atoms with Crippen molar-refractivity contribution in [2.75, 3.05) is 42.7 Å². The molecule has 16 nitrogen and oxygen atoms in total. The summed E-state index contributed by atoms with van der Waals surface area (Å²) in [5, 5.41) is 0. The summed E-state index contributed by atoms with van der Waals surface area (Å²) in [5.41, 5.74) is 2.96. The molecule has 2 rings (SSSR count). The van der Waals surface area contributed by atoms with Gasteiger partial charge < -0.3 is 0 Å². The maximum atomic E-state index is 7.50. The number of ether oxygens (including phenoxy) is 6. The van der Waals surface area contributed by atoms with Crippen LogP contribution in [0.4, 0.5) is 0 Å². The molecular formula is C30H22Cr2O16. The molecule has 0 amide bonds. The summed E-state index contributed by atoms with van der Waals surface area (Å²) in [6, 6.07) is 7.42. The Hall–Kier alpha value is -4.24. The van der Waals surface area contributed by atoms with E-state index in [0.29, 0.717) is 32.1 Å². The molecule has 0 radical (unpaired) electrons. The molecule has 0 aliphatic heterocycles. The minimum atomic E-state index is 0.576. The minimum absolute atomic E-state index is 0.576. The van der Waals surface area contributed by atoms with Gasteiger partial charge in [0.1, 0.15) is 0 Å². The van der Waals surface area contributed by atoms with Crippen LogP contribution >= 0.6 is 0 Å². The molecule has 2 aromatic rings. The second kappa shape index (κ2) is 58.3. The molecule has 0 N–H and O–H groups in total. The molecule has 0 unspecified atom stereocenters. The summed E-state index contributed by atoms with van der Waals surface area (Å²) < 4.78 is 109. The van der Waals surface area contributed by atoms with Crippen LogP contribution in [0.2, 0.25) is 0 Å². The van der Waals surface area contributed by atoms with E-state index < -0.39 is 0 Å². The van der Waals surface area contributed by atoms with Crippen LogP contribution in [0.15, 0.2) is 24.3 Å². The molecule has 2 aromatic carbocycles. The zero-order valence-corrected chi connectivity index (χ0v) is 28.2. The van der Waals surface area contributed by atoms with Crippen LogP contribution in [0.3, 0.4) is 0 Å². The molecule has 0 spiro atoms. The van der Waals surface area contributed by atoms with Crippen LogP contribution in [0.25, 0.3) is 11.1 Å². The van der Waals surface area contributed by atoms with Gasteiger partial charge in [-0.3, -0.25) is 0 Å². The average molecular weight is 742 g/mol. The van der Waals surface area contributed by atoms with Crippen molar-refractivity contribution in [3.05, 3.63) is 102 Å². The monoisotopic (exact) mass is 742 g/mol. The summed E-state index contributed by atoms with van der Waals surface area (Å²) >= 11 is 5.82. The van der Waals surface area contributed by atoms with Gasteiger partial charge in [0.2, 0.25) is 0 Å². The van der Waals surface area contributed by atoms with Crippen molar-refractivity contribution in [1.29, 1.82) is 0 Å². The predicted molar refractivity (Wildman–Crippen MR) is 140 cm³/mol. The van der Waals surface area contributed by atoms with E-state index in [0.717, 1.165) is 22.3 Å². The molecule has 0 saturated heterocycles. The molecule has 0 aliphatic rings. The van der Waals surface area contributed by atoms with Crippen molar-refractivity contribution in [3.8, 4) is 34.1 Å². The van der Waals surface area contributed by atoms with Crippen molar-refractivity contribution in [3.63, 3.8) is 0 Å². The van der Waals surface area contributed by atoms with Crippen molar-refractivity contribution in [1.82, 2.24) is 0 Å². The average Bonchev–Trinajstić information content (AvgIpc) is 3.23. The zero-order valence-electron chi connectivity index (χ0n) is 25.7. The van der Waals surface area contributed by atoms with E-state index >= 15 is 0 Å². The van der Waals surface area contributed by atoms with E-state index in [1.807, 2.05) is 24.3 Å². The number of methoxy groups -OCH3 is 6. The van der Waals surface area contributed by atoms with Gasteiger partial charge in [0, 0.05) is 0 Å². The van der Waals surface area contributed by atoms with Crippen LogP contribution in [0.5, 0.6) is 23.0 Å². The fourth-order valence-electron chi connectivity index (χ4n) is 2.80. The molecule has 0 aromatic heterocycles. The Kier molecular flexibility index (Phi) is 80.5. The molecule has 48 heavy (non-hydrogen) atoms. The molecule has 0 atom stereocenters. The number of hydrogen-bond acceptors (Lipinski definition) is 6. The Morgan fingerprint density at radius 3 is 0.750 bits per heavy atom. The first-order valence-electron chi connectivity index (χ1n) is 10.2. The Labute approximate surface area is 293 Å². The molecule has 250 valence electrons. The predicted octanol–water partition coefficient (Wildman–Crippen LogP) is 2.36. The normalized spacial score (nSPS) is 6.46.